The molecule has 0 atom stereocenters. The minimum Gasteiger partial charge on any atom is -0.0935 e. The molecular weight excluding hydrogens is 200 g/mol. The highest BCUT2D eigenvalue weighted by Crippen LogP contribution is 2.11. The summed E-state index contributed by atoms with van der Waals surface area (Å²) < 4.78 is 0. The summed E-state index contributed by atoms with van der Waals surface area (Å²) in [4.78, 5) is 0. The molecule has 0 saturated heterocycles. The molecule has 1 aromatic carbocycles. The predicted octanol–water partition coefficient (Wildman–Crippen LogP) is 4.05. The maximum Gasteiger partial charge on any atom is 0.0406 e. The van der Waals surface area contributed by atoms with Crippen molar-refractivity contribution in [2.45, 2.75) is 25.7 Å². The maximum atomic E-state index is 5.78. The van der Waals surface area contributed by atoms with Crippen LogP contribution in [0.1, 0.15) is 24.8 Å². The Kier molecular flexibility index (Phi) is 5.02. The van der Waals surface area contributed by atoms with Crippen molar-refractivity contribution in [3.63, 3.8) is 0 Å². The Hall–Kier alpha value is -0.400. The average Bonchev–Trinajstić information content (AvgIpc) is 2.15. The second kappa shape index (κ2) is 6.11. The van der Waals surface area contributed by atoms with E-state index in [9.17, 15) is 0 Å². The molecule has 1 rings (SSSR count). The van der Waals surface area contributed by atoms with Gasteiger partial charge in [0.25, 0.3) is 0 Å². The highest BCUT2D eigenvalue weighted by molar-refractivity contribution is 7.78. The van der Waals surface area contributed by atoms with Gasteiger partial charge in [-0.05, 0) is 48.7 Å². The molecule has 0 bridgehead atoms. The molecule has 70 valence electrons. The monoisotopic (exact) mass is 212 g/mol. The third-order valence-corrected chi connectivity index (χ3v) is 2.44. The summed E-state index contributed by atoms with van der Waals surface area (Å²) in [5.74, 6) is 0. The summed E-state index contributed by atoms with van der Waals surface area (Å²) in [6.07, 6.45) is 4.56. The Balaban J connectivity index is 2.28. The van der Waals surface area contributed by atoms with Gasteiger partial charge >= 0.3 is 0 Å². The number of benzene rings is 1. The highest BCUT2D eigenvalue weighted by Gasteiger charge is 1.92. The number of hydrogen-bond acceptors (Lipinski definition) is 1. The van der Waals surface area contributed by atoms with Gasteiger partial charge in [0.05, 0.1) is 0 Å². The molecule has 0 N–H and O–H groups in total. The smallest absolute Gasteiger partial charge is 0.0406 e. The van der Waals surface area contributed by atoms with E-state index in [4.69, 9.17) is 23.8 Å². The minimum absolute atomic E-state index is 0.808. The van der Waals surface area contributed by atoms with Crippen LogP contribution in [0.5, 0.6) is 0 Å². The lowest BCUT2D eigenvalue weighted by molar-refractivity contribution is 0.769. The van der Waals surface area contributed by atoms with E-state index in [0.29, 0.717) is 0 Å². The molecule has 0 fully saturated rings. The lowest BCUT2D eigenvalue weighted by Crippen LogP contribution is -1.85. The van der Waals surface area contributed by atoms with Gasteiger partial charge in [-0.15, -0.1) is 0 Å². The summed E-state index contributed by atoms with van der Waals surface area (Å²) in [5.41, 5.74) is 1.36. The number of hydrogen-bond donors (Lipinski definition) is 0. The van der Waals surface area contributed by atoms with Crippen molar-refractivity contribution in [3.05, 3.63) is 34.9 Å². The van der Waals surface area contributed by atoms with Gasteiger partial charge in [0.1, 0.15) is 0 Å². The summed E-state index contributed by atoms with van der Waals surface area (Å²) in [5, 5.41) is 2.62. The molecule has 0 aliphatic rings. The zero-order chi connectivity index (χ0) is 9.52. The lowest BCUT2D eigenvalue weighted by atomic mass is 10.1. The highest BCUT2D eigenvalue weighted by atomic mass is 35.5. The van der Waals surface area contributed by atoms with E-state index in [-0.39, 0.29) is 0 Å². The van der Waals surface area contributed by atoms with Crippen LogP contribution in [0.4, 0.5) is 0 Å². The maximum absolute atomic E-state index is 5.78. The van der Waals surface area contributed by atoms with Crippen molar-refractivity contribution in [2.24, 2.45) is 0 Å². The van der Waals surface area contributed by atoms with Gasteiger partial charge in [-0.25, -0.2) is 0 Å². The fourth-order valence-electron chi connectivity index (χ4n) is 1.21. The largest absolute Gasteiger partial charge is 0.0935 e. The van der Waals surface area contributed by atoms with Gasteiger partial charge in [-0.2, -0.15) is 0 Å². The van der Waals surface area contributed by atoms with Crippen LogP contribution in [0, 0.1) is 0 Å². The first-order chi connectivity index (χ1) is 6.33. The fraction of sp³-hybridized carbons (Fsp3) is 0.364. The van der Waals surface area contributed by atoms with E-state index in [1.165, 1.54) is 18.4 Å². The number of rotatable bonds is 5. The van der Waals surface area contributed by atoms with Crippen LogP contribution in [-0.4, -0.2) is 5.37 Å². The molecule has 0 saturated carbocycles. The quantitative estimate of drug-likeness (QED) is 0.524. The van der Waals surface area contributed by atoms with Crippen molar-refractivity contribution in [1.82, 2.24) is 0 Å². The third kappa shape index (κ3) is 4.39. The summed E-state index contributed by atoms with van der Waals surface area (Å²) in [6, 6.07) is 8.05. The van der Waals surface area contributed by atoms with Gasteiger partial charge in [0.2, 0.25) is 0 Å². The van der Waals surface area contributed by atoms with E-state index >= 15 is 0 Å². The summed E-state index contributed by atoms with van der Waals surface area (Å²) >= 11 is 10.5. The van der Waals surface area contributed by atoms with Gasteiger partial charge in [0.15, 0.2) is 0 Å². The molecule has 0 aliphatic heterocycles. The van der Waals surface area contributed by atoms with Crippen LogP contribution in [0.2, 0.25) is 5.02 Å². The van der Waals surface area contributed by atoms with E-state index < -0.39 is 0 Å². The molecule has 0 nitrogen and oxygen atoms in total. The van der Waals surface area contributed by atoms with Crippen molar-refractivity contribution < 1.29 is 0 Å². The van der Waals surface area contributed by atoms with Crippen LogP contribution >= 0.6 is 23.8 Å². The van der Waals surface area contributed by atoms with E-state index in [0.717, 1.165) is 17.9 Å². The third-order valence-electron chi connectivity index (χ3n) is 1.95. The Morgan fingerprint density at radius 3 is 2.46 bits per heavy atom. The predicted molar refractivity (Wildman–Crippen MR) is 62.7 cm³/mol. The SMILES string of the molecule is S=CCCCCc1ccc(Cl)cc1. The number of aryl methyl sites for hydroxylation is 1. The summed E-state index contributed by atoms with van der Waals surface area (Å²) in [6.45, 7) is 0. The Morgan fingerprint density at radius 1 is 1.15 bits per heavy atom. The Labute approximate surface area is 89.9 Å². The molecule has 1 aromatic rings. The van der Waals surface area contributed by atoms with Crippen LogP contribution in [-0.2, 0) is 6.42 Å². The van der Waals surface area contributed by atoms with Crippen LogP contribution in [0.3, 0.4) is 0 Å². The van der Waals surface area contributed by atoms with Crippen molar-refractivity contribution in [2.75, 3.05) is 0 Å². The first-order valence-electron chi connectivity index (χ1n) is 4.51. The average molecular weight is 213 g/mol. The van der Waals surface area contributed by atoms with E-state index in [1.807, 2.05) is 17.5 Å². The lowest BCUT2D eigenvalue weighted by Gasteiger charge is -1.99. The first-order valence-corrected chi connectivity index (χ1v) is 5.36. The Morgan fingerprint density at radius 2 is 1.85 bits per heavy atom. The second-order valence-corrected chi connectivity index (χ2v) is 3.81. The fourth-order valence-corrected chi connectivity index (χ4v) is 1.50. The zero-order valence-electron chi connectivity index (χ0n) is 7.50. The molecular formula is C11H13ClS. The first kappa shape index (κ1) is 10.7. The van der Waals surface area contributed by atoms with Gasteiger partial charge in [-0.3, -0.25) is 0 Å². The molecule has 13 heavy (non-hydrogen) atoms. The van der Waals surface area contributed by atoms with Gasteiger partial charge in [0, 0.05) is 5.02 Å². The van der Waals surface area contributed by atoms with Crippen LogP contribution < -0.4 is 0 Å². The molecule has 0 radical (unpaired) electrons. The number of halogens is 1. The van der Waals surface area contributed by atoms with E-state index in [2.05, 4.69) is 12.1 Å². The molecule has 0 unspecified atom stereocenters. The van der Waals surface area contributed by atoms with E-state index in [1.54, 1.807) is 0 Å². The molecule has 0 aliphatic carbocycles. The zero-order valence-corrected chi connectivity index (χ0v) is 9.07. The topological polar surface area (TPSA) is 0 Å². The summed E-state index contributed by atoms with van der Waals surface area (Å²) in [7, 11) is 0. The molecule has 0 spiro atoms. The minimum atomic E-state index is 0.808. The Bertz CT molecular complexity index is 253. The van der Waals surface area contributed by atoms with Crippen molar-refractivity contribution in [3.8, 4) is 0 Å². The molecule has 0 aromatic heterocycles. The number of unbranched alkanes of at least 4 members (excludes halogenated alkanes) is 2. The van der Waals surface area contributed by atoms with Gasteiger partial charge in [-0.1, -0.05) is 36.0 Å². The number of thiocarbonyl (C=S) groups is 1. The molecule has 2 heteroatoms. The van der Waals surface area contributed by atoms with Gasteiger partial charge < -0.3 is 0 Å². The van der Waals surface area contributed by atoms with Crippen LogP contribution in [0.15, 0.2) is 24.3 Å². The van der Waals surface area contributed by atoms with Crippen molar-refractivity contribution >= 4 is 29.2 Å². The second-order valence-electron chi connectivity index (χ2n) is 3.04. The normalized spacial score (nSPS) is 9.92. The standard InChI is InChI=1S/C11H13ClS/c12-11-7-5-10(6-8-11)4-2-1-3-9-13/h5-9H,1-4H2. The van der Waals surface area contributed by atoms with Crippen LogP contribution in [0.25, 0.3) is 0 Å². The molecule has 0 amide bonds. The van der Waals surface area contributed by atoms with Crippen molar-refractivity contribution in [1.29, 1.82) is 0 Å². The molecule has 0 heterocycles.